The van der Waals surface area contributed by atoms with Crippen molar-refractivity contribution in [2.75, 3.05) is 19.5 Å². The Morgan fingerprint density at radius 3 is 2.38 bits per heavy atom. The number of ether oxygens (including phenoxy) is 1. The summed E-state index contributed by atoms with van der Waals surface area (Å²) in [5, 5.41) is 8.49. The molecule has 1 aromatic rings. The number of methoxy groups -OCH3 is 1. The van der Waals surface area contributed by atoms with Crippen molar-refractivity contribution in [3.63, 3.8) is 0 Å². The zero-order valence-electron chi connectivity index (χ0n) is 11.7. The van der Waals surface area contributed by atoms with Crippen molar-refractivity contribution in [2.24, 2.45) is 5.41 Å². The van der Waals surface area contributed by atoms with Crippen molar-refractivity contribution in [2.45, 2.75) is 18.1 Å². The van der Waals surface area contributed by atoms with E-state index < -0.39 is 38.2 Å². The quantitative estimate of drug-likeness (QED) is 0.859. The third-order valence-electron chi connectivity index (χ3n) is 4.06. The number of halogens is 1. The highest BCUT2D eigenvalue weighted by Gasteiger charge is 2.75. The summed E-state index contributed by atoms with van der Waals surface area (Å²) in [6.45, 7) is 1.28. The van der Waals surface area contributed by atoms with Gasteiger partial charge in [-0.3, -0.25) is 4.79 Å². The van der Waals surface area contributed by atoms with Gasteiger partial charge in [0.15, 0.2) is 9.84 Å². The molecule has 0 heterocycles. The van der Waals surface area contributed by atoms with Crippen LogP contribution < -0.4 is 0 Å². The van der Waals surface area contributed by atoms with Gasteiger partial charge in [-0.2, -0.15) is 0 Å². The summed E-state index contributed by atoms with van der Waals surface area (Å²) in [6, 6.07) is 5.25. The van der Waals surface area contributed by atoms with Gasteiger partial charge in [-0.05, 0) is 17.7 Å². The van der Waals surface area contributed by atoms with Gasteiger partial charge in [0, 0.05) is 18.8 Å². The van der Waals surface area contributed by atoms with Crippen LogP contribution in [-0.4, -0.2) is 44.2 Å². The zero-order valence-corrected chi connectivity index (χ0v) is 12.6. The first-order chi connectivity index (χ1) is 9.81. The van der Waals surface area contributed by atoms with E-state index in [2.05, 4.69) is 0 Å². The van der Waals surface area contributed by atoms with Gasteiger partial charge < -0.3 is 9.84 Å². The minimum atomic E-state index is -3.56. The third-order valence-corrected chi connectivity index (χ3v) is 6.33. The van der Waals surface area contributed by atoms with Crippen LogP contribution in [0, 0.1) is 11.2 Å². The fourth-order valence-corrected chi connectivity index (χ4v) is 5.03. The van der Waals surface area contributed by atoms with Crippen molar-refractivity contribution in [1.29, 1.82) is 0 Å². The molecule has 0 aliphatic heterocycles. The van der Waals surface area contributed by atoms with Crippen molar-refractivity contribution in [3.05, 3.63) is 35.6 Å². The predicted molar refractivity (Wildman–Crippen MR) is 74.3 cm³/mol. The normalized spacial score (nSPS) is 28.3. The van der Waals surface area contributed by atoms with E-state index in [-0.39, 0.29) is 12.4 Å². The first kappa shape index (κ1) is 15.9. The molecule has 0 amide bonds. The minimum absolute atomic E-state index is 0.145. The highest BCUT2D eigenvalue weighted by Crippen LogP contribution is 2.63. The summed E-state index contributed by atoms with van der Waals surface area (Å²) < 4.78 is 42.4. The van der Waals surface area contributed by atoms with Crippen molar-refractivity contribution >= 4 is 15.8 Å². The number of sulfone groups is 1. The lowest BCUT2D eigenvalue weighted by Gasteiger charge is -2.11. The van der Waals surface area contributed by atoms with Gasteiger partial charge >= 0.3 is 5.97 Å². The van der Waals surface area contributed by atoms with Crippen LogP contribution in [-0.2, 0) is 19.4 Å². The van der Waals surface area contributed by atoms with Gasteiger partial charge in [0.2, 0.25) is 0 Å². The van der Waals surface area contributed by atoms with Crippen LogP contribution in [0.15, 0.2) is 24.3 Å². The average Bonchev–Trinajstić information content (AvgIpc) is 3.11. The Balaban J connectivity index is 2.51. The molecule has 21 heavy (non-hydrogen) atoms. The Bertz CT molecular complexity index is 640. The van der Waals surface area contributed by atoms with Crippen LogP contribution in [0.5, 0.6) is 0 Å². The van der Waals surface area contributed by atoms with E-state index >= 15 is 0 Å². The van der Waals surface area contributed by atoms with E-state index in [1.165, 1.54) is 38.3 Å². The molecule has 1 saturated carbocycles. The molecule has 1 aliphatic rings. The number of carboxylic acid groups (broad SMARTS) is 1. The van der Waals surface area contributed by atoms with Gasteiger partial charge in [-0.25, -0.2) is 12.8 Å². The molecular weight excluding hydrogens is 299 g/mol. The fourth-order valence-electron chi connectivity index (χ4n) is 2.98. The Kier molecular flexibility index (Phi) is 4.08. The molecule has 2 rings (SSSR count). The summed E-state index contributed by atoms with van der Waals surface area (Å²) in [5.41, 5.74) is -1.00. The summed E-state index contributed by atoms with van der Waals surface area (Å²) in [6.07, 6.45) is 0. The summed E-state index contributed by atoms with van der Waals surface area (Å²) in [7, 11) is -2.23. The number of hydrogen-bond acceptors (Lipinski definition) is 4. The SMILES string of the molecule is CCS(=O)(=O)[C@@H]1[C@H](c2ccc(F)cc2)[C@@]1(COC)C(=O)O. The molecule has 0 saturated heterocycles. The molecular formula is C14H17FO5S. The average molecular weight is 316 g/mol. The molecule has 0 aromatic heterocycles. The monoisotopic (exact) mass is 316 g/mol. The molecule has 1 fully saturated rings. The predicted octanol–water partition coefficient (Wildman–Crippen LogP) is 1.44. The Morgan fingerprint density at radius 1 is 1.38 bits per heavy atom. The van der Waals surface area contributed by atoms with Crippen LogP contribution >= 0.6 is 0 Å². The van der Waals surface area contributed by atoms with E-state index in [4.69, 9.17) is 4.74 Å². The summed E-state index contributed by atoms with van der Waals surface area (Å²) in [5.74, 6) is -2.53. The lowest BCUT2D eigenvalue weighted by molar-refractivity contribution is -0.145. The summed E-state index contributed by atoms with van der Waals surface area (Å²) in [4.78, 5) is 11.7. The van der Waals surface area contributed by atoms with Gasteiger partial charge in [0.25, 0.3) is 0 Å². The number of carboxylic acids is 1. The highest BCUT2D eigenvalue weighted by atomic mass is 32.2. The van der Waals surface area contributed by atoms with Gasteiger partial charge in [0.05, 0.1) is 11.9 Å². The molecule has 0 unspecified atom stereocenters. The third kappa shape index (κ3) is 2.44. The van der Waals surface area contributed by atoms with Gasteiger partial charge in [0.1, 0.15) is 11.2 Å². The Morgan fingerprint density at radius 2 is 1.95 bits per heavy atom. The topological polar surface area (TPSA) is 80.7 Å². The van der Waals surface area contributed by atoms with Crippen LogP contribution in [0.25, 0.3) is 0 Å². The Hall–Kier alpha value is -1.47. The second kappa shape index (κ2) is 5.38. The second-order valence-corrected chi connectivity index (χ2v) is 7.59. The lowest BCUT2D eigenvalue weighted by Crippen LogP contribution is -2.29. The van der Waals surface area contributed by atoms with E-state index in [1.807, 2.05) is 0 Å². The molecule has 116 valence electrons. The number of hydrogen-bond donors (Lipinski definition) is 1. The van der Waals surface area contributed by atoms with Crippen molar-refractivity contribution in [3.8, 4) is 0 Å². The standard InChI is InChI=1S/C14H17FO5S/c1-3-21(18,19)12-11(9-4-6-10(15)7-5-9)14(12,8-20-2)13(16)17/h4-7,11-12H,3,8H2,1-2H3,(H,16,17)/t11-,12+,14+/m0/s1. The maximum Gasteiger partial charge on any atom is 0.314 e. The molecule has 1 aromatic carbocycles. The molecule has 3 atom stereocenters. The van der Waals surface area contributed by atoms with Crippen LogP contribution in [0.1, 0.15) is 18.4 Å². The largest absolute Gasteiger partial charge is 0.481 e. The number of aliphatic carboxylic acids is 1. The molecule has 0 radical (unpaired) electrons. The van der Waals surface area contributed by atoms with E-state index in [0.717, 1.165) is 0 Å². The van der Waals surface area contributed by atoms with Crippen LogP contribution in [0.4, 0.5) is 4.39 Å². The molecule has 1 aliphatic carbocycles. The van der Waals surface area contributed by atoms with Crippen LogP contribution in [0.3, 0.4) is 0 Å². The summed E-state index contributed by atoms with van der Waals surface area (Å²) >= 11 is 0. The highest BCUT2D eigenvalue weighted by molar-refractivity contribution is 7.92. The molecule has 0 bridgehead atoms. The second-order valence-electron chi connectivity index (χ2n) is 5.18. The van der Waals surface area contributed by atoms with Crippen LogP contribution in [0.2, 0.25) is 0 Å². The molecule has 5 nitrogen and oxygen atoms in total. The first-order valence-corrected chi connectivity index (χ1v) is 8.22. The number of benzene rings is 1. The van der Waals surface area contributed by atoms with E-state index in [9.17, 15) is 22.7 Å². The van der Waals surface area contributed by atoms with Gasteiger partial charge in [-0.15, -0.1) is 0 Å². The first-order valence-electron chi connectivity index (χ1n) is 6.50. The van der Waals surface area contributed by atoms with E-state index in [0.29, 0.717) is 5.56 Å². The number of carbonyl (C=O) groups is 1. The fraction of sp³-hybridized carbons (Fsp3) is 0.500. The molecule has 1 N–H and O–H groups in total. The van der Waals surface area contributed by atoms with Gasteiger partial charge in [-0.1, -0.05) is 19.1 Å². The lowest BCUT2D eigenvalue weighted by atomic mass is 10.00. The maximum atomic E-state index is 13.0. The smallest absolute Gasteiger partial charge is 0.314 e. The van der Waals surface area contributed by atoms with Crippen molar-refractivity contribution < 1.29 is 27.4 Å². The minimum Gasteiger partial charge on any atom is -0.481 e. The van der Waals surface area contributed by atoms with E-state index in [1.54, 1.807) is 0 Å². The molecule has 7 heteroatoms. The molecule has 0 spiro atoms. The number of rotatable bonds is 6. The maximum absolute atomic E-state index is 13.0. The Labute approximate surface area is 122 Å². The van der Waals surface area contributed by atoms with Crippen molar-refractivity contribution in [1.82, 2.24) is 0 Å². The zero-order chi connectivity index (χ0) is 15.8.